The normalized spacial score (nSPS) is 16.8. The smallest absolute Gasteiger partial charge is 0.236 e. The van der Waals surface area contributed by atoms with E-state index in [1.807, 2.05) is 4.90 Å². The lowest BCUT2D eigenvalue weighted by Gasteiger charge is -2.32. The molecule has 1 aromatic heterocycles. The number of nitrogens with one attached hydrogen (secondary N) is 1. The number of carbonyl (C=O) groups excluding carboxylic acids is 1. The molecular weight excluding hydrogens is 246 g/mol. The Balaban J connectivity index is 1.61. The predicted molar refractivity (Wildman–Crippen MR) is 69.7 cm³/mol. The van der Waals surface area contributed by atoms with Gasteiger partial charge < -0.3 is 19.6 Å². The number of rotatable bonds is 5. The van der Waals surface area contributed by atoms with Crippen molar-refractivity contribution in [2.45, 2.75) is 13.3 Å². The maximum atomic E-state index is 11.9. The van der Waals surface area contributed by atoms with Gasteiger partial charge in [0.1, 0.15) is 0 Å². The van der Waals surface area contributed by atoms with Crippen LogP contribution in [0.2, 0.25) is 0 Å². The zero-order chi connectivity index (χ0) is 13.7. The van der Waals surface area contributed by atoms with Gasteiger partial charge in [-0.25, -0.2) is 0 Å². The molecule has 0 atom stereocenters. The minimum Gasteiger partial charge on any atom is -0.340 e. The maximum absolute atomic E-state index is 11.9. The summed E-state index contributed by atoms with van der Waals surface area (Å²) in [5.41, 5.74) is 0. The molecule has 1 saturated heterocycles. The summed E-state index contributed by atoms with van der Waals surface area (Å²) in [5.74, 6) is 1.41. The van der Waals surface area contributed by atoms with Crippen LogP contribution >= 0.6 is 0 Å². The average molecular weight is 267 g/mol. The van der Waals surface area contributed by atoms with Crippen LogP contribution in [0.3, 0.4) is 0 Å². The third-order valence-corrected chi connectivity index (χ3v) is 3.23. The van der Waals surface area contributed by atoms with E-state index in [4.69, 9.17) is 4.52 Å². The Morgan fingerprint density at radius 3 is 2.74 bits per heavy atom. The summed E-state index contributed by atoms with van der Waals surface area (Å²) in [5, 5.41) is 6.93. The molecule has 1 aromatic rings. The van der Waals surface area contributed by atoms with Crippen molar-refractivity contribution in [2.75, 3.05) is 46.3 Å². The molecule has 0 spiro atoms. The van der Waals surface area contributed by atoms with E-state index in [2.05, 4.69) is 27.4 Å². The molecule has 0 aliphatic carbocycles. The fraction of sp³-hybridized carbons (Fsp3) is 0.750. The summed E-state index contributed by atoms with van der Waals surface area (Å²) in [4.78, 5) is 20.2. The molecule has 2 rings (SSSR count). The molecule has 106 valence electrons. The molecule has 19 heavy (non-hydrogen) atoms. The third-order valence-electron chi connectivity index (χ3n) is 3.23. The van der Waals surface area contributed by atoms with Crippen LogP contribution in [0.5, 0.6) is 0 Å². The number of hydrogen-bond acceptors (Lipinski definition) is 6. The summed E-state index contributed by atoms with van der Waals surface area (Å²) in [6.07, 6.45) is 0.674. The first-order valence-corrected chi connectivity index (χ1v) is 6.61. The van der Waals surface area contributed by atoms with Crippen LogP contribution in [0.25, 0.3) is 0 Å². The zero-order valence-electron chi connectivity index (χ0n) is 11.6. The van der Waals surface area contributed by atoms with Gasteiger partial charge in [0.05, 0.1) is 6.54 Å². The van der Waals surface area contributed by atoms with Gasteiger partial charge in [0.2, 0.25) is 11.8 Å². The van der Waals surface area contributed by atoms with Crippen LogP contribution in [0, 0.1) is 6.92 Å². The number of piperazine rings is 1. The molecule has 0 aromatic carbocycles. The summed E-state index contributed by atoms with van der Waals surface area (Å²) < 4.78 is 4.88. The van der Waals surface area contributed by atoms with E-state index in [1.165, 1.54) is 0 Å². The highest BCUT2D eigenvalue weighted by Crippen LogP contribution is 1.99. The lowest BCUT2D eigenvalue weighted by molar-refractivity contribution is -0.131. The highest BCUT2D eigenvalue weighted by Gasteiger charge is 2.18. The molecule has 1 fully saturated rings. The third kappa shape index (κ3) is 4.29. The van der Waals surface area contributed by atoms with E-state index in [0.29, 0.717) is 31.2 Å². The van der Waals surface area contributed by atoms with E-state index < -0.39 is 0 Å². The molecule has 1 aliphatic rings. The molecule has 1 N–H and O–H groups in total. The number of aryl methyl sites for hydroxylation is 1. The molecule has 7 nitrogen and oxygen atoms in total. The SMILES string of the molecule is Cc1nc(CCNCC(=O)N2CCN(C)CC2)no1. The van der Waals surface area contributed by atoms with Gasteiger partial charge in [-0.15, -0.1) is 0 Å². The second-order valence-corrected chi connectivity index (χ2v) is 4.84. The van der Waals surface area contributed by atoms with Gasteiger partial charge in [0, 0.05) is 46.1 Å². The number of likely N-dealkylation sites (N-methyl/N-ethyl adjacent to an activating group) is 1. The zero-order valence-corrected chi connectivity index (χ0v) is 11.6. The average Bonchev–Trinajstić information content (AvgIpc) is 2.81. The Labute approximate surface area is 112 Å². The second-order valence-electron chi connectivity index (χ2n) is 4.84. The fourth-order valence-corrected chi connectivity index (χ4v) is 2.01. The van der Waals surface area contributed by atoms with Gasteiger partial charge in [-0.3, -0.25) is 4.79 Å². The summed E-state index contributed by atoms with van der Waals surface area (Å²) in [7, 11) is 2.08. The lowest BCUT2D eigenvalue weighted by Crippen LogP contribution is -2.49. The van der Waals surface area contributed by atoms with E-state index in [1.54, 1.807) is 6.92 Å². The van der Waals surface area contributed by atoms with Gasteiger partial charge in [-0.05, 0) is 7.05 Å². The van der Waals surface area contributed by atoms with Crippen LogP contribution in [-0.4, -0.2) is 72.2 Å². The van der Waals surface area contributed by atoms with Gasteiger partial charge in [0.15, 0.2) is 5.82 Å². The first-order chi connectivity index (χ1) is 9.15. The summed E-state index contributed by atoms with van der Waals surface area (Å²) >= 11 is 0. The van der Waals surface area contributed by atoms with Crippen molar-refractivity contribution < 1.29 is 9.32 Å². The van der Waals surface area contributed by atoms with Crippen molar-refractivity contribution >= 4 is 5.91 Å². The van der Waals surface area contributed by atoms with Gasteiger partial charge >= 0.3 is 0 Å². The molecule has 0 saturated carbocycles. The number of carbonyl (C=O) groups is 1. The van der Waals surface area contributed by atoms with Gasteiger partial charge in [-0.2, -0.15) is 4.98 Å². The molecule has 1 aliphatic heterocycles. The van der Waals surface area contributed by atoms with Crippen LogP contribution in [-0.2, 0) is 11.2 Å². The number of nitrogens with zero attached hydrogens (tertiary/aromatic N) is 4. The van der Waals surface area contributed by atoms with Crippen molar-refractivity contribution in [3.05, 3.63) is 11.7 Å². The van der Waals surface area contributed by atoms with Crippen molar-refractivity contribution in [1.29, 1.82) is 0 Å². The Kier molecular flexibility index (Phi) is 4.86. The number of hydrogen-bond donors (Lipinski definition) is 1. The highest BCUT2D eigenvalue weighted by atomic mass is 16.5. The van der Waals surface area contributed by atoms with Gasteiger partial charge in [-0.1, -0.05) is 5.16 Å². The Morgan fingerprint density at radius 1 is 1.37 bits per heavy atom. The van der Waals surface area contributed by atoms with Crippen LogP contribution in [0.1, 0.15) is 11.7 Å². The van der Waals surface area contributed by atoms with Crippen LogP contribution in [0.4, 0.5) is 0 Å². The molecule has 0 unspecified atom stereocenters. The van der Waals surface area contributed by atoms with Crippen molar-refractivity contribution in [3.8, 4) is 0 Å². The van der Waals surface area contributed by atoms with Crippen molar-refractivity contribution in [3.63, 3.8) is 0 Å². The largest absolute Gasteiger partial charge is 0.340 e. The summed E-state index contributed by atoms with van der Waals surface area (Å²) in [6, 6.07) is 0. The monoisotopic (exact) mass is 267 g/mol. The van der Waals surface area contributed by atoms with E-state index in [-0.39, 0.29) is 5.91 Å². The first kappa shape index (κ1) is 14.0. The van der Waals surface area contributed by atoms with E-state index in [9.17, 15) is 4.79 Å². The van der Waals surface area contributed by atoms with Crippen molar-refractivity contribution in [2.24, 2.45) is 0 Å². The van der Waals surface area contributed by atoms with Crippen LogP contribution < -0.4 is 5.32 Å². The predicted octanol–water partition coefficient (Wildman–Crippen LogP) is -0.716. The van der Waals surface area contributed by atoms with Crippen molar-refractivity contribution in [1.82, 2.24) is 25.3 Å². The maximum Gasteiger partial charge on any atom is 0.236 e. The minimum absolute atomic E-state index is 0.164. The van der Waals surface area contributed by atoms with Gasteiger partial charge in [0.25, 0.3) is 0 Å². The Bertz CT molecular complexity index is 412. The lowest BCUT2D eigenvalue weighted by atomic mass is 10.3. The molecule has 0 radical (unpaired) electrons. The van der Waals surface area contributed by atoms with Crippen LogP contribution in [0.15, 0.2) is 4.52 Å². The van der Waals surface area contributed by atoms with E-state index >= 15 is 0 Å². The number of amides is 1. The topological polar surface area (TPSA) is 74.5 Å². The summed E-state index contributed by atoms with van der Waals surface area (Å²) in [6.45, 7) is 6.36. The fourth-order valence-electron chi connectivity index (χ4n) is 2.01. The second kappa shape index (κ2) is 6.63. The standard InChI is InChI=1S/C12H21N5O2/c1-10-14-11(15-19-10)3-4-13-9-12(18)17-7-5-16(2)6-8-17/h13H,3-9H2,1-2H3. The number of aromatic nitrogens is 2. The quantitative estimate of drug-likeness (QED) is 0.710. The molecule has 2 heterocycles. The molecule has 1 amide bonds. The highest BCUT2D eigenvalue weighted by molar-refractivity contribution is 5.78. The minimum atomic E-state index is 0.164. The molecular formula is C12H21N5O2. The Morgan fingerprint density at radius 2 is 2.11 bits per heavy atom. The molecule has 7 heteroatoms. The first-order valence-electron chi connectivity index (χ1n) is 6.61. The molecule has 0 bridgehead atoms. The van der Waals surface area contributed by atoms with E-state index in [0.717, 1.165) is 26.2 Å². The Hall–Kier alpha value is -1.47.